The number of nitrogen functional groups attached to an aromatic ring is 1. The molecule has 1 fully saturated rings. The van der Waals surface area contributed by atoms with Gasteiger partial charge in [-0.15, -0.1) is 0 Å². The van der Waals surface area contributed by atoms with Gasteiger partial charge in [0.2, 0.25) is 0 Å². The van der Waals surface area contributed by atoms with Crippen LogP contribution in [-0.2, 0) is 23.4 Å². The monoisotopic (exact) mass is 570 g/mol. The summed E-state index contributed by atoms with van der Waals surface area (Å²) in [5.41, 5.74) is 4.56. The third kappa shape index (κ3) is 5.76. The number of anilines is 1. The number of aromatic nitrogens is 4. The number of nitrogens with one attached hydrogen (secondary N) is 1. The summed E-state index contributed by atoms with van der Waals surface area (Å²) in [6, 6.07) is 4.91. The van der Waals surface area contributed by atoms with E-state index >= 15 is 0 Å². The van der Waals surface area contributed by atoms with E-state index in [9.17, 15) is 19.6 Å². The molecule has 206 valence electrons. The number of aliphatic hydroxyl groups excluding tert-OH is 1. The fraction of sp³-hybridized carbons (Fsp3) is 0.455. The number of rotatable bonds is 10. The van der Waals surface area contributed by atoms with Crippen LogP contribution in [0.15, 0.2) is 36.8 Å². The number of imidazole rings is 1. The predicted molar refractivity (Wildman–Crippen MR) is 134 cm³/mol. The van der Waals surface area contributed by atoms with Gasteiger partial charge in [0.05, 0.1) is 25.1 Å². The first-order valence-corrected chi connectivity index (χ1v) is 13.5. The van der Waals surface area contributed by atoms with Gasteiger partial charge in [0.15, 0.2) is 11.5 Å². The van der Waals surface area contributed by atoms with Crippen LogP contribution in [0.25, 0.3) is 5.65 Å². The van der Waals surface area contributed by atoms with Crippen molar-refractivity contribution in [3.05, 3.63) is 47.5 Å². The molecule has 1 aliphatic rings. The van der Waals surface area contributed by atoms with Crippen LogP contribution < -0.4 is 15.3 Å². The minimum absolute atomic E-state index is 0.117. The van der Waals surface area contributed by atoms with Crippen molar-refractivity contribution in [2.24, 2.45) is 0 Å². The summed E-state index contributed by atoms with van der Waals surface area (Å²) in [5, 5.41) is 29.1. The van der Waals surface area contributed by atoms with Crippen LogP contribution in [0.2, 0.25) is 5.02 Å². The van der Waals surface area contributed by atoms with Gasteiger partial charge >= 0.3 is 13.7 Å². The van der Waals surface area contributed by atoms with Crippen LogP contribution in [-0.4, -0.2) is 72.8 Å². The van der Waals surface area contributed by atoms with E-state index in [2.05, 4.69) is 20.2 Å². The number of carbonyl (C=O) groups excluding carboxylic acids is 1. The van der Waals surface area contributed by atoms with Gasteiger partial charge in [-0.25, -0.2) is 19.0 Å². The molecule has 0 aliphatic carbocycles. The van der Waals surface area contributed by atoms with Crippen molar-refractivity contribution in [1.82, 2.24) is 24.7 Å². The first kappa shape index (κ1) is 28.2. The number of nitrogens with two attached hydrogens (primary N) is 1. The number of benzene rings is 1. The second-order valence-corrected chi connectivity index (χ2v) is 10.9. The maximum atomic E-state index is 13.7. The van der Waals surface area contributed by atoms with Crippen molar-refractivity contribution in [3.8, 4) is 5.75 Å². The average molecular weight is 571 g/mol. The fourth-order valence-corrected chi connectivity index (χ4v) is 5.53. The summed E-state index contributed by atoms with van der Waals surface area (Å²) in [6.45, 7) is 4.06. The number of hydrogen-bond donors (Lipinski definition) is 4. The summed E-state index contributed by atoms with van der Waals surface area (Å²) in [7, 11) is -4.26. The maximum absolute atomic E-state index is 13.7. The first-order chi connectivity index (χ1) is 17.9. The lowest BCUT2D eigenvalue weighted by atomic mass is 9.91. The lowest BCUT2D eigenvalue weighted by molar-refractivity contribution is -0.144. The smallest absolute Gasteiger partial charge is 0.459 e. The second-order valence-electron chi connectivity index (χ2n) is 8.73. The van der Waals surface area contributed by atoms with Gasteiger partial charge in [0, 0.05) is 5.02 Å². The highest BCUT2D eigenvalue weighted by atomic mass is 35.5. The molecule has 0 spiro atoms. The van der Waals surface area contributed by atoms with Crippen molar-refractivity contribution in [1.29, 1.82) is 0 Å². The molecule has 14 nitrogen and oxygen atoms in total. The predicted octanol–water partition coefficient (Wildman–Crippen LogP) is 1.66. The van der Waals surface area contributed by atoms with E-state index < -0.39 is 50.3 Å². The molecular formula is C22H28ClN6O8P. The lowest BCUT2D eigenvalue weighted by Gasteiger charge is -2.26. The molecule has 2 aromatic heterocycles. The molecule has 5 N–H and O–H groups in total. The van der Waals surface area contributed by atoms with Gasteiger partial charge < -0.3 is 29.9 Å². The van der Waals surface area contributed by atoms with Crippen LogP contribution >= 0.6 is 19.3 Å². The Hall–Kier alpha value is -2.84. The molecule has 38 heavy (non-hydrogen) atoms. The molecule has 1 unspecified atom stereocenters. The second kappa shape index (κ2) is 11.1. The molecule has 1 aliphatic heterocycles. The van der Waals surface area contributed by atoms with E-state index in [0.29, 0.717) is 10.7 Å². The molecule has 1 saturated heterocycles. The Bertz CT molecular complexity index is 1340. The lowest BCUT2D eigenvalue weighted by Crippen LogP contribution is -2.43. The molecule has 6 atom stereocenters. The molecular weight excluding hydrogens is 543 g/mol. The van der Waals surface area contributed by atoms with Crippen molar-refractivity contribution >= 4 is 36.8 Å². The summed E-state index contributed by atoms with van der Waals surface area (Å²) in [5.74, 6) is -0.418. The Labute approximate surface area is 222 Å². The van der Waals surface area contributed by atoms with E-state index in [4.69, 9.17) is 35.9 Å². The SMILES string of the molecule is CCOC(=O)[C@H](C)NP(=O)(OC[C@H]1O[C@@H](c2cnc3c(N)ncnn23)[C@](C)(O)[C@@H]1O)Oc1ccc(Cl)cc1. The first-order valence-electron chi connectivity index (χ1n) is 11.6. The summed E-state index contributed by atoms with van der Waals surface area (Å²) in [4.78, 5) is 20.2. The molecule has 4 rings (SSSR count). The minimum atomic E-state index is -4.26. The Morgan fingerprint density at radius 1 is 1.37 bits per heavy atom. The van der Waals surface area contributed by atoms with Crippen molar-refractivity contribution < 1.29 is 38.1 Å². The van der Waals surface area contributed by atoms with Gasteiger partial charge in [-0.05, 0) is 45.0 Å². The Morgan fingerprint density at radius 3 is 2.76 bits per heavy atom. The number of fused-ring (bicyclic) bond motifs is 1. The zero-order chi connectivity index (χ0) is 27.7. The number of ether oxygens (including phenoxy) is 2. The zero-order valence-corrected chi connectivity index (χ0v) is 22.4. The van der Waals surface area contributed by atoms with Crippen LogP contribution in [0, 0.1) is 0 Å². The molecule has 3 heterocycles. The third-order valence-electron chi connectivity index (χ3n) is 5.86. The molecule has 1 aromatic carbocycles. The number of halogens is 1. The highest BCUT2D eigenvalue weighted by molar-refractivity contribution is 7.52. The maximum Gasteiger partial charge on any atom is 0.459 e. The van der Waals surface area contributed by atoms with E-state index in [0.717, 1.165) is 0 Å². The van der Waals surface area contributed by atoms with E-state index in [1.165, 1.54) is 55.2 Å². The topological polar surface area (TPSA) is 193 Å². The summed E-state index contributed by atoms with van der Waals surface area (Å²) >= 11 is 5.91. The van der Waals surface area contributed by atoms with Crippen molar-refractivity contribution in [2.45, 2.75) is 50.7 Å². The van der Waals surface area contributed by atoms with Gasteiger partial charge in [-0.3, -0.25) is 9.32 Å². The zero-order valence-electron chi connectivity index (χ0n) is 20.7. The van der Waals surface area contributed by atoms with Crippen LogP contribution in [0.1, 0.15) is 32.6 Å². The number of aliphatic hydroxyl groups is 2. The van der Waals surface area contributed by atoms with Crippen LogP contribution in [0.4, 0.5) is 5.82 Å². The van der Waals surface area contributed by atoms with E-state index in [1.807, 2.05) is 0 Å². The standard InChI is InChI=1S/C22H28ClN6O8P/c1-4-34-21(31)12(2)28-38(33,37-14-7-5-13(23)6-8-14)35-10-16-17(30)22(3,32)18(36-16)15-9-25-20-19(24)26-11-27-29(15)20/h5-9,11-12,16-18,30,32H,4,10H2,1-3H3,(H,28,33)(H2,24,26,27)/t12-,16+,17+,18-,22+,38?/m0/s1. The van der Waals surface area contributed by atoms with Crippen LogP contribution in [0.3, 0.4) is 0 Å². The number of carbonyl (C=O) groups is 1. The van der Waals surface area contributed by atoms with Crippen LogP contribution in [0.5, 0.6) is 5.75 Å². The number of hydrogen-bond acceptors (Lipinski definition) is 12. The quantitative estimate of drug-likeness (QED) is 0.203. The van der Waals surface area contributed by atoms with Crippen molar-refractivity contribution in [2.75, 3.05) is 18.9 Å². The average Bonchev–Trinajstić information content (AvgIpc) is 3.39. The molecule has 16 heteroatoms. The molecule has 0 saturated carbocycles. The highest BCUT2D eigenvalue weighted by Crippen LogP contribution is 2.48. The van der Waals surface area contributed by atoms with Gasteiger partial charge in [-0.1, -0.05) is 11.6 Å². The normalized spacial score (nSPS) is 25.7. The van der Waals surface area contributed by atoms with Gasteiger partial charge in [-0.2, -0.15) is 10.2 Å². The molecule has 0 radical (unpaired) electrons. The van der Waals surface area contributed by atoms with E-state index in [1.54, 1.807) is 6.92 Å². The molecule has 0 amide bonds. The molecule has 3 aromatic rings. The largest absolute Gasteiger partial charge is 0.465 e. The summed E-state index contributed by atoms with van der Waals surface area (Å²) < 4.78 is 37.1. The van der Waals surface area contributed by atoms with Gasteiger partial charge in [0.25, 0.3) is 0 Å². The number of nitrogens with zero attached hydrogens (tertiary/aromatic N) is 4. The Kier molecular flexibility index (Phi) is 8.23. The summed E-state index contributed by atoms with van der Waals surface area (Å²) in [6.07, 6.45) is -1.15. The Morgan fingerprint density at radius 2 is 2.08 bits per heavy atom. The van der Waals surface area contributed by atoms with Crippen molar-refractivity contribution in [3.63, 3.8) is 0 Å². The number of esters is 1. The van der Waals surface area contributed by atoms with Gasteiger partial charge in [0.1, 0.15) is 42.0 Å². The van der Waals surface area contributed by atoms with E-state index in [-0.39, 0.29) is 23.8 Å². The highest BCUT2D eigenvalue weighted by Gasteiger charge is 2.54. The fourth-order valence-electron chi connectivity index (χ4n) is 3.90. The molecule has 0 bridgehead atoms. The Balaban J connectivity index is 1.55. The minimum Gasteiger partial charge on any atom is -0.465 e. The third-order valence-corrected chi connectivity index (χ3v) is 7.75.